The highest BCUT2D eigenvalue weighted by Gasteiger charge is 2.18. The number of hydrogen-bond donors (Lipinski definition) is 3. The average molecular weight is 323 g/mol. The van der Waals surface area contributed by atoms with Gasteiger partial charge in [-0.15, -0.1) is 24.8 Å². The number of nitrogens with one attached hydrogen (secondary N) is 2. The predicted octanol–water partition coefficient (Wildman–Crippen LogP) is 0.508. The molecule has 0 aliphatic carbocycles. The van der Waals surface area contributed by atoms with E-state index in [1.54, 1.807) is 18.2 Å². The molecule has 1 aromatic heterocycles. The number of hydrogen-bond acceptors (Lipinski definition) is 4. The van der Waals surface area contributed by atoms with Crippen molar-refractivity contribution in [2.45, 2.75) is 19.4 Å². The summed E-state index contributed by atoms with van der Waals surface area (Å²) in [6, 6.07) is 5.00. The monoisotopic (exact) mass is 322 g/mol. The quantitative estimate of drug-likeness (QED) is 0.735. The third kappa shape index (κ3) is 7.28. The lowest BCUT2D eigenvalue weighted by Gasteiger charge is -2.24. The highest BCUT2D eigenvalue weighted by molar-refractivity contribution is 5.94. The van der Waals surface area contributed by atoms with Gasteiger partial charge in [0, 0.05) is 18.3 Å². The first-order chi connectivity index (χ1) is 8.44. The van der Waals surface area contributed by atoms with E-state index in [1.165, 1.54) is 6.20 Å². The summed E-state index contributed by atoms with van der Waals surface area (Å²) in [6.07, 6.45) is 1.52. The lowest BCUT2D eigenvalue weighted by atomic mass is 10.1. The van der Waals surface area contributed by atoms with E-state index in [0.29, 0.717) is 6.54 Å². The Labute approximate surface area is 130 Å². The number of carbonyl (C=O) groups excluding carboxylic acids is 2. The molecule has 2 amide bonds. The molecule has 6 nitrogen and oxygen atoms in total. The van der Waals surface area contributed by atoms with E-state index in [4.69, 9.17) is 5.73 Å². The SMILES string of the molecule is CC(C)(CN)NC(=O)CNC(=O)c1ccccn1.Cl.Cl. The molecule has 1 heterocycles. The van der Waals surface area contributed by atoms with E-state index in [-0.39, 0.29) is 48.9 Å². The molecule has 0 unspecified atom stereocenters. The lowest BCUT2D eigenvalue weighted by Crippen LogP contribution is -2.51. The maximum atomic E-state index is 11.6. The van der Waals surface area contributed by atoms with Gasteiger partial charge >= 0.3 is 0 Å². The van der Waals surface area contributed by atoms with Crippen LogP contribution in [0.15, 0.2) is 24.4 Å². The van der Waals surface area contributed by atoms with Crippen LogP contribution in [0.5, 0.6) is 0 Å². The van der Waals surface area contributed by atoms with Gasteiger partial charge in [0.05, 0.1) is 6.54 Å². The number of rotatable bonds is 5. The van der Waals surface area contributed by atoms with Crippen LogP contribution in [0.3, 0.4) is 0 Å². The van der Waals surface area contributed by atoms with Crippen LogP contribution >= 0.6 is 24.8 Å². The van der Waals surface area contributed by atoms with E-state index in [1.807, 2.05) is 13.8 Å². The molecule has 4 N–H and O–H groups in total. The van der Waals surface area contributed by atoms with Gasteiger partial charge in [-0.3, -0.25) is 14.6 Å². The van der Waals surface area contributed by atoms with Gasteiger partial charge in [-0.05, 0) is 26.0 Å². The van der Waals surface area contributed by atoms with E-state index in [0.717, 1.165) is 0 Å². The molecule has 0 bridgehead atoms. The normalized spacial score (nSPS) is 9.75. The first-order valence-electron chi connectivity index (χ1n) is 5.65. The highest BCUT2D eigenvalue weighted by atomic mass is 35.5. The molecule has 114 valence electrons. The maximum absolute atomic E-state index is 11.6. The van der Waals surface area contributed by atoms with Crippen molar-refractivity contribution in [3.63, 3.8) is 0 Å². The Morgan fingerprint density at radius 1 is 1.30 bits per heavy atom. The topological polar surface area (TPSA) is 97.1 Å². The van der Waals surface area contributed by atoms with Crippen LogP contribution in [-0.4, -0.2) is 35.4 Å². The Bertz CT molecular complexity index is 427. The Hall–Kier alpha value is -1.37. The fraction of sp³-hybridized carbons (Fsp3) is 0.417. The van der Waals surface area contributed by atoms with Gasteiger partial charge in [-0.1, -0.05) is 6.07 Å². The van der Waals surface area contributed by atoms with Crippen LogP contribution in [0.1, 0.15) is 24.3 Å². The fourth-order valence-electron chi connectivity index (χ4n) is 1.22. The molecule has 0 atom stereocenters. The molecule has 1 aromatic rings. The third-order valence-electron chi connectivity index (χ3n) is 2.30. The summed E-state index contributed by atoms with van der Waals surface area (Å²) < 4.78 is 0. The summed E-state index contributed by atoms with van der Waals surface area (Å²) in [5.41, 5.74) is 5.29. The standard InChI is InChI=1S/C12H18N4O2.2ClH/c1-12(2,8-13)16-10(17)7-15-11(18)9-5-3-4-6-14-9;;/h3-6H,7-8,13H2,1-2H3,(H,15,18)(H,16,17);2*1H. The van der Waals surface area contributed by atoms with Crippen LogP contribution < -0.4 is 16.4 Å². The maximum Gasteiger partial charge on any atom is 0.270 e. The highest BCUT2D eigenvalue weighted by Crippen LogP contribution is 1.97. The van der Waals surface area contributed by atoms with E-state index in [2.05, 4.69) is 15.6 Å². The largest absolute Gasteiger partial charge is 0.348 e. The Kier molecular flexibility index (Phi) is 9.97. The number of nitrogens with two attached hydrogens (primary N) is 1. The summed E-state index contributed by atoms with van der Waals surface area (Å²) in [5, 5.41) is 5.20. The summed E-state index contributed by atoms with van der Waals surface area (Å²) in [7, 11) is 0. The molecule has 20 heavy (non-hydrogen) atoms. The van der Waals surface area contributed by atoms with Gasteiger partial charge < -0.3 is 16.4 Å². The molecule has 0 aliphatic rings. The first kappa shape index (κ1) is 20.9. The number of nitrogens with zero attached hydrogens (tertiary/aromatic N) is 1. The number of halogens is 2. The van der Waals surface area contributed by atoms with Gasteiger partial charge in [0.25, 0.3) is 5.91 Å². The zero-order valence-electron chi connectivity index (χ0n) is 11.4. The molecule has 0 fully saturated rings. The minimum atomic E-state index is -0.479. The van der Waals surface area contributed by atoms with Gasteiger partial charge in [0.2, 0.25) is 5.91 Å². The van der Waals surface area contributed by atoms with E-state index < -0.39 is 5.54 Å². The van der Waals surface area contributed by atoms with Crippen LogP contribution in [-0.2, 0) is 4.79 Å². The molecule has 0 radical (unpaired) electrons. The second kappa shape index (κ2) is 9.52. The summed E-state index contributed by atoms with van der Waals surface area (Å²) in [4.78, 5) is 27.0. The molecule has 0 aromatic carbocycles. The Morgan fingerprint density at radius 3 is 2.45 bits per heavy atom. The van der Waals surface area contributed by atoms with Crippen molar-refractivity contribution in [2.75, 3.05) is 13.1 Å². The zero-order chi connectivity index (χ0) is 13.6. The molecule has 0 saturated carbocycles. The van der Waals surface area contributed by atoms with Crippen molar-refractivity contribution in [2.24, 2.45) is 5.73 Å². The molecule has 0 aliphatic heterocycles. The van der Waals surface area contributed by atoms with Crippen molar-refractivity contribution < 1.29 is 9.59 Å². The van der Waals surface area contributed by atoms with Crippen LogP contribution in [0.25, 0.3) is 0 Å². The average Bonchev–Trinajstić information content (AvgIpc) is 2.36. The number of amides is 2. The van der Waals surface area contributed by atoms with Crippen molar-refractivity contribution in [3.05, 3.63) is 30.1 Å². The molecule has 0 saturated heterocycles. The second-order valence-electron chi connectivity index (χ2n) is 4.53. The van der Waals surface area contributed by atoms with Gasteiger partial charge in [-0.2, -0.15) is 0 Å². The van der Waals surface area contributed by atoms with Crippen molar-refractivity contribution >= 4 is 36.6 Å². The summed E-state index contributed by atoms with van der Waals surface area (Å²) >= 11 is 0. The van der Waals surface area contributed by atoms with E-state index in [9.17, 15) is 9.59 Å². The third-order valence-corrected chi connectivity index (χ3v) is 2.30. The van der Waals surface area contributed by atoms with Crippen LogP contribution in [0, 0.1) is 0 Å². The van der Waals surface area contributed by atoms with Crippen molar-refractivity contribution in [3.8, 4) is 0 Å². The van der Waals surface area contributed by atoms with Gasteiger partial charge in [-0.25, -0.2) is 0 Å². The lowest BCUT2D eigenvalue weighted by molar-refractivity contribution is -0.121. The van der Waals surface area contributed by atoms with Gasteiger partial charge in [0.1, 0.15) is 5.69 Å². The van der Waals surface area contributed by atoms with Crippen LogP contribution in [0.4, 0.5) is 0 Å². The summed E-state index contributed by atoms with van der Waals surface area (Å²) in [5.74, 6) is -0.661. The Balaban J connectivity index is 0. The molecule has 8 heteroatoms. The summed E-state index contributed by atoms with van der Waals surface area (Å²) in [6.45, 7) is 3.85. The molecule has 1 rings (SSSR count). The Morgan fingerprint density at radius 2 is 1.95 bits per heavy atom. The van der Waals surface area contributed by atoms with E-state index >= 15 is 0 Å². The number of aromatic nitrogens is 1. The van der Waals surface area contributed by atoms with Gasteiger partial charge in [0.15, 0.2) is 0 Å². The van der Waals surface area contributed by atoms with Crippen molar-refractivity contribution in [1.29, 1.82) is 0 Å². The fourth-order valence-corrected chi connectivity index (χ4v) is 1.22. The smallest absolute Gasteiger partial charge is 0.270 e. The number of pyridine rings is 1. The molecular formula is C12H20Cl2N4O2. The second-order valence-corrected chi connectivity index (χ2v) is 4.53. The van der Waals surface area contributed by atoms with Crippen molar-refractivity contribution in [1.82, 2.24) is 15.6 Å². The predicted molar refractivity (Wildman–Crippen MR) is 82.3 cm³/mol. The minimum absolute atomic E-state index is 0. The molecular weight excluding hydrogens is 303 g/mol. The van der Waals surface area contributed by atoms with Crippen LogP contribution in [0.2, 0.25) is 0 Å². The molecule has 0 spiro atoms. The zero-order valence-corrected chi connectivity index (χ0v) is 13.0. The number of carbonyl (C=O) groups is 2. The minimum Gasteiger partial charge on any atom is -0.348 e. The first-order valence-corrected chi connectivity index (χ1v) is 5.65.